The molecule has 0 bridgehead atoms. The van der Waals surface area contributed by atoms with Crippen LogP contribution < -0.4 is 9.64 Å². The van der Waals surface area contributed by atoms with Crippen LogP contribution in [0.3, 0.4) is 0 Å². The number of amides is 2. The average molecular weight is 369 g/mol. The monoisotopic (exact) mass is 369 g/mol. The summed E-state index contributed by atoms with van der Waals surface area (Å²) in [5, 5.41) is 9.47. The van der Waals surface area contributed by atoms with Gasteiger partial charge < -0.3 is 9.84 Å². The number of hydrogen-bond acceptors (Lipinski definition) is 5. The zero-order chi connectivity index (χ0) is 18.8. The summed E-state index contributed by atoms with van der Waals surface area (Å²) in [6, 6.07) is 10.5. The number of phenolic OH excluding ortho intramolecular Hbond substituents is 1. The van der Waals surface area contributed by atoms with Gasteiger partial charge in [-0.3, -0.25) is 9.59 Å². The quantitative estimate of drug-likeness (QED) is 0.795. The lowest BCUT2D eigenvalue weighted by atomic mass is 10.1. The summed E-state index contributed by atoms with van der Waals surface area (Å²) in [7, 11) is 0. The number of aryl methyl sites for hydroxylation is 2. The van der Waals surface area contributed by atoms with E-state index in [2.05, 4.69) is 0 Å². The fourth-order valence-corrected chi connectivity index (χ4v) is 3.51. The van der Waals surface area contributed by atoms with E-state index in [-0.39, 0.29) is 16.9 Å². The summed E-state index contributed by atoms with van der Waals surface area (Å²) < 4.78 is 5.36. The van der Waals surface area contributed by atoms with Gasteiger partial charge in [-0.05, 0) is 73.5 Å². The van der Waals surface area contributed by atoms with Crippen LogP contribution in [-0.2, 0) is 4.79 Å². The second-order valence-electron chi connectivity index (χ2n) is 5.97. The number of hydrogen-bond donors (Lipinski definition) is 1. The third-order valence-corrected chi connectivity index (χ3v) is 4.85. The number of imide groups is 1. The molecule has 0 radical (unpaired) electrons. The smallest absolute Gasteiger partial charge is 0.298 e. The van der Waals surface area contributed by atoms with Gasteiger partial charge in [0, 0.05) is 0 Å². The number of carbonyl (C=O) groups is 2. The Morgan fingerprint density at radius 1 is 1.15 bits per heavy atom. The SMILES string of the molecule is CCOc1cc(/C=C2\SC(=O)N(c3cc(C)ccc3C)C2=O)ccc1O. The number of phenols is 1. The van der Waals surface area contributed by atoms with Crippen LogP contribution >= 0.6 is 11.8 Å². The van der Waals surface area contributed by atoms with E-state index in [9.17, 15) is 14.7 Å². The Kier molecular flexibility index (Phi) is 5.04. The Labute approximate surface area is 156 Å². The molecule has 0 saturated carbocycles. The first-order chi connectivity index (χ1) is 12.4. The van der Waals surface area contributed by atoms with Crippen LogP contribution in [0.2, 0.25) is 0 Å². The number of thioether (sulfide) groups is 1. The van der Waals surface area contributed by atoms with E-state index in [1.54, 1.807) is 18.2 Å². The zero-order valence-electron chi connectivity index (χ0n) is 14.8. The minimum absolute atomic E-state index is 0.0347. The molecule has 5 nitrogen and oxygen atoms in total. The van der Waals surface area contributed by atoms with Crippen LogP contribution in [-0.4, -0.2) is 22.9 Å². The van der Waals surface area contributed by atoms with Gasteiger partial charge in [0.15, 0.2) is 11.5 Å². The molecule has 2 aromatic carbocycles. The summed E-state index contributed by atoms with van der Waals surface area (Å²) in [4.78, 5) is 26.8. The number of aromatic hydroxyl groups is 1. The molecule has 0 atom stereocenters. The normalized spacial score (nSPS) is 15.8. The van der Waals surface area contributed by atoms with Crippen LogP contribution in [0.15, 0.2) is 41.3 Å². The summed E-state index contributed by atoms with van der Waals surface area (Å²) >= 11 is 0.905. The van der Waals surface area contributed by atoms with Crippen molar-refractivity contribution < 1.29 is 19.4 Å². The van der Waals surface area contributed by atoms with Gasteiger partial charge in [-0.25, -0.2) is 4.90 Å². The third kappa shape index (κ3) is 3.46. The first-order valence-electron chi connectivity index (χ1n) is 8.21. The molecule has 2 aromatic rings. The fraction of sp³-hybridized carbons (Fsp3) is 0.200. The van der Waals surface area contributed by atoms with Crippen molar-refractivity contribution in [3.63, 3.8) is 0 Å². The summed E-state index contributed by atoms with van der Waals surface area (Å²) in [6.07, 6.45) is 1.64. The molecule has 134 valence electrons. The van der Waals surface area contributed by atoms with Crippen molar-refractivity contribution in [1.82, 2.24) is 0 Å². The largest absolute Gasteiger partial charge is 0.504 e. The van der Waals surface area contributed by atoms with Crippen molar-refractivity contribution in [2.45, 2.75) is 20.8 Å². The average Bonchev–Trinajstić information content (AvgIpc) is 2.87. The molecule has 0 unspecified atom stereocenters. The maximum atomic E-state index is 12.8. The Balaban J connectivity index is 1.95. The molecule has 6 heteroatoms. The number of carbonyl (C=O) groups excluding carboxylic acids is 2. The van der Waals surface area contributed by atoms with Crippen LogP contribution in [0, 0.1) is 13.8 Å². The maximum absolute atomic E-state index is 12.8. The molecule has 1 N–H and O–H groups in total. The maximum Gasteiger partial charge on any atom is 0.298 e. The number of ether oxygens (including phenoxy) is 1. The lowest BCUT2D eigenvalue weighted by Crippen LogP contribution is -2.28. The Morgan fingerprint density at radius 3 is 2.65 bits per heavy atom. The number of benzene rings is 2. The summed E-state index contributed by atoms with van der Waals surface area (Å²) in [5.74, 6) is 0.0298. The van der Waals surface area contributed by atoms with Crippen LogP contribution in [0.5, 0.6) is 11.5 Å². The molecule has 1 heterocycles. The predicted molar refractivity (Wildman–Crippen MR) is 104 cm³/mol. The molecule has 2 amide bonds. The van der Waals surface area contributed by atoms with Crippen LogP contribution in [0.1, 0.15) is 23.6 Å². The lowest BCUT2D eigenvalue weighted by Gasteiger charge is -2.16. The van der Waals surface area contributed by atoms with Crippen molar-refractivity contribution in [3.05, 3.63) is 58.0 Å². The van der Waals surface area contributed by atoms with Crippen LogP contribution in [0.4, 0.5) is 10.5 Å². The molecule has 1 aliphatic rings. The molecule has 0 aromatic heterocycles. The van der Waals surface area contributed by atoms with Crippen molar-refractivity contribution in [2.75, 3.05) is 11.5 Å². The van der Waals surface area contributed by atoms with Gasteiger partial charge in [-0.1, -0.05) is 18.2 Å². The molecule has 3 rings (SSSR count). The minimum atomic E-state index is -0.347. The van der Waals surface area contributed by atoms with E-state index in [1.807, 2.05) is 39.0 Å². The van der Waals surface area contributed by atoms with Gasteiger partial charge in [0.2, 0.25) is 0 Å². The molecule has 0 spiro atoms. The molecule has 0 aliphatic carbocycles. The highest BCUT2D eigenvalue weighted by atomic mass is 32.2. The van der Waals surface area contributed by atoms with E-state index in [1.165, 1.54) is 11.0 Å². The van der Waals surface area contributed by atoms with Gasteiger partial charge >= 0.3 is 0 Å². The third-order valence-electron chi connectivity index (χ3n) is 3.98. The van der Waals surface area contributed by atoms with Gasteiger partial charge in [0.1, 0.15) is 0 Å². The van der Waals surface area contributed by atoms with Gasteiger partial charge in [0.25, 0.3) is 11.1 Å². The Bertz CT molecular complexity index is 920. The predicted octanol–water partition coefficient (Wildman–Crippen LogP) is 4.65. The van der Waals surface area contributed by atoms with Crippen molar-refractivity contribution >= 4 is 34.7 Å². The highest BCUT2D eigenvalue weighted by molar-refractivity contribution is 8.19. The second-order valence-corrected chi connectivity index (χ2v) is 6.96. The van der Waals surface area contributed by atoms with E-state index < -0.39 is 0 Å². The Morgan fingerprint density at radius 2 is 1.92 bits per heavy atom. The van der Waals surface area contributed by atoms with Crippen molar-refractivity contribution in [2.24, 2.45) is 0 Å². The molecule has 26 heavy (non-hydrogen) atoms. The fourth-order valence-electron chi connectivity index (χ4n) is 2.68. The standard InChI is InChI=1S/C20H19NO4S/c1-4-25-17-10-14(7-8-16(17)22)11-18-19(23)21(20(24)26-18)15-9-12(2)5-6-13(15)3/h5-11,22H,4H2,1-3H3/b18-11-. The lowest BCUT2D eigenvalue weighted by molar-refractivity contribution is -0.113. The van der Waals surface area contributed by atoms with Gasteiger partial charge in [-0.15, -0.1) is 0 Å². The highest BCUT2D eigenvalue weighted by Gasteiger charge is 2.37. The number of nitrogens with zero attached hydrogens (tertiary/aromatic N) is 1. The van der Waals surface area contributed by atoms with Gasteiger partial charge in [-0.2, -0.15) is 0 Å². The van der Waals surface area contributed by atoms with Crippen molar-refractivity contribution in [1.29, 1.82) is 0 Å². The van der Waals surface area contributed by atoms with Crippen LogP contribution in [0.25, 0.3) is 6.08 Å². The molecule has 1 fully saturated rings. The zero-order valence-corrected chi connectivity index (χ0v) is 15.6. The Hall–Kier alpha value is -2.73. The first-order valence-corrected chi connectivity index (χ1v) is 9.03. The van der Waals surface area contributed by atoms with E-state index in [0.717, 1.165) is 22.9 Å². The van der Waals surface area contributed by atoms with E-state index >= 15 is 0 Å². The topological polar surface area (TPSA) is 66.8 Å². The van der Waals surface area contributed by atoms with E-state index in [0.29, 0.717) is 28.5 Å². The highest BCUT2D eigenvalue weighted by Crippen LogP contribution is 2.38. The number of anilines is 1. The second kappa shape index (κ2) is 7.25. The molecule has 1 saturated heterocycles. The minimum Gasteiger partial charge on any atom is -0.504 e. The van der Waals surface area contributed by atoms with Crippen molar-refractivity contribution in [3.8, 4) is 11.5 Å². The van der Waals surface area contributed by atoms with Gasteiger partial charge in [0.05, 0.1) is 17.2 Å². The molecular weight excluding hydrogens is 350 g/mol. The van der Waals surface area contributed by atoms with E-state index in [4.69, 9.17) is 4.74 Å². The number of rotatable bonds is 4. The summed E-state index contributed by atoms with van der Waals surface area (Å²) in [6.45, 7) is 6.03. The summed E-state index contributed by atoms with van der Waals surface area (Å²) in [5.41, 5.74) is 3.13. The molecule has 1 aliphatic heterocycles. The first kappa shape index (κ1) is 18.1. The molecular formula is C20H19NO4S.